The topological polar surface area (TPSA) is 86.4 Å². The second-order valence-electron chi connectivity index (χ2n) is 5.95. The zero-order chi connectivity index (χ0) is 20.1. The first-order valence-corrected chi connectivity index (χ1v) is 9.67. The Balaban J connectivity index is 2.01. The minimum absolute atomic E-state index is 0.197. The van der Waals surface area contributed by atoms with Gasteiger partial charge in [-0.25, -0.2) is 9.78 Å². The highest BCUT2D eigenvalue weighted by Gasteiger charge is 2.22. The number of nitrogens with zero attached hydrogens (tertiary/aromatic N) is 2. The van der Waals surface area contributed by atoms with Gasteiger partial charge in [0.05, 0.1) is 36.4 Å². The number of thiazole rings is 1. The number of carbonyl (C=O) groups excluding carboxylic acids is 2. The van der Waals surface area contributed by atoms with E-state index >= 15 is 0 Å². The van der Waals surface area contributed by atoms with E-state index < -0.39 is 5.97 Å². The first-order chi connectivity index (χ1) is 13.5. The van der Waals surface area contributed by atoms with E-state index in [1.165, 1.54) is 11.3 Å². The zero-order valence-corrected chi connectivity index (χ0v) is 16.5. The molecular weight excluding hydrogens is 378 g/mol. The molecule has 3 aromatic heterocycles. The Labute approximate surface area is 166 Å². The second kappa shape index (κ2) is 8.71. The Morgan fingerprint density at radius 2 is 2.29 bits per heavy atom. The number of hydrogen-bond acceptors (Lipinski definition) is 6. The van der Waals surface area contributed by atoms with Crippen molar-refractivity contribution >= 4 is 23.2 Å². The third-order valence-electron chi connectivity index (χ3n) is 4.13. The first kappa shape index (κ1) is 19.6. The summed E-state index contributed by atoms with van der Waals surface area (Å²) in [5.41, 5.74) is 2.64. The molecule has 0 aromatic carbocycles. The van der Waals surface area contributed by atoms with E-state index in [-0.39, 0.29) is 17.5 Å². The van der Waals surface area contributed by atoms with Crippen molar-refractivity contribution in [3.8, 4) is 11.4 Å². The average molecular weight is 399 g/mol. The number of hydrogen-bond donors (Lipinski definition) is 1. The van der Waals surface area contributed by atoms with E-state index in [2.05, 4.69) is 16.9 Å². The van der Waals surface area contributed by atoms with Gasteiger partial charge in [-0.15, -0.1) is 17.9 Å². The number of furan rings is 1. The van der Waals surface area contributed by atoms with E-state index in [1.807, 2.05) is 23.6 Å². The highest BCUT2D eigenvalue weighted by atomic mass is 32.1. The minimum atomic E-state index is -0.455. The molecule has 0 spiro atoms. The Morgan fingerprint density at radius 1 is 1.46 bits per heavy atom. The Kier molecular flexibility index (Phi) is 6.10. The lowest BCUT2D eigenvalue weighted by Gasteiger charge is -2.09. The van der Waals surface area contributed by atoms with Gasteiger partial charge in [-0.2, -0.15) is 0 Å². The maximum Gasteiger partial charge on any atom is 0.367 e. The maximum atomic E-state index is 12.5. The predicted molar refractivity (Wildman–Crippen MR) is 107 cm³/mol. The molecular formula is C20H21N3O4S. The van der Waals surface area contributed by atoms with Gasteiger partial charge < -0.3 is 19.0 Å². The molecule has 0 aliphatic rings. The molecule has 0 fully saturated rings. The maximum absolute atomic E-state index is 12.5. The lowest BCUT2D eigenvalue weighted by Crippen LogP contribution is -2.23. The molecule has 3 aromatic rings. The van der Waals surface area contributed by atoms with Crippen LogP contribution in [0.2, 0.25) is 0 Å². The molecule has 3 rings (SSSR count). The van der Waals surface area contributed by atoms with Gasteiger partial charge in [0.2, 0.25) is 5.01 Å². The van der Waals surface area contributed by atoms with E-state index in [9.17, 15) is 9.59 Å². The van der Waals surface area contributed by atoms with Gasteiger partial charge in [0.1, 0.15) is 5.76 Å². The van der Waals surface area contributed by atoms with E-state index in [4.69, 9.17) is 9.15 Å². The van der Waals surface area contributed by atoms with Crippen LogP contribution in [0.3, 0.4) is 0 Å². The quantitative estimate of drug-likeness (QED) is 0.461. The van der Waals surface area contributed by atoms with Crippen molar-refractivity contribution in [2.75, 3.05) is 13.2 Å². The summed E-state index contributed by atoms with van der Waals surface area (Å²) < 4.78 is 12.4. The SMILES string of the molecule is C=CCNC(=O)c1cc(-c2csc(C(=O)OCC)n2)n(Cc2ccco2)c1C. The number of esters is 1. The van der Waals surface area contributed by atoms with Crippen LogP contribution >= 0.6 is 11.3 Å². The Bertz CT molecular complexity index is 985. The summed E-state index contributed by atoms with van der Waals surface area (Å²) in [4.78, 5) is 28.9. The molecule has 0 aliphatic heterocycles. The normalized spacial score (nSPS) is 10.6. The van der Waals surface area contributed by atoms with Crippen LogP contribution in [-0.2, 0) is 11.3 Å². The monoisotopic (exact) mass is 399 g/mol. The molecule has 1 N–H and O–H groups in total. The summed E-state index contributed by atoms with van der Waals surface area (Å²) >= 11 is 1.21. The van der Waals surface area contributed by atoms with Gasteiger partial charge in [0.15, 0.2) is 0 Å². The fourth-order valence-electron chi connectivity index (χ4n) is 2.79. The molecule has 0 radical (unpaired) electrons. The van der Waals surface area contributed by atoms with Crippen molar-refractivity contribution in [2.24, 2.45) is 0 Å². The third kappa shape index (κ3) is 4.07. The molecule has 0 bridgehead atoms. The number of ether oxygens (including phenoxy) is 1. The number of rotatable bonds is 8. The van der Waals surface area contributed by atoms with Crippen molar-refractivity contribution in [1.82, 2.24) is 14.9 Å². The standard InChI is InChI=1S/C20H21N3O4S/c1-4-8-21-18(24)15-10-17(16-12-28-19(22-16)20(25)26-5-2)23(13(15)3)11-14-7-6-9-27-14/h4,6-7,9-10,12H,1,5,8,11H2,2-3H3,(H,21,24). The van der Waals surface area contributed by atoms with Gasteiger partial charge in [-0.05, 0) is 32.0 Å². The third-order valence-corrected chi connectivity index (χ3v) is 4.95. The van der Waals surface area contributed by atoms with E-state index in [0.717, 1.165) is 17.1 Å². The molecule has 0 unspecified atom stereocenters. The van der Waals surface area contributed by atoms with Gasteiger partial charge in [-0.3, -0.25) is 4.79 Å². The summed E-state index contributed by atoms with van der Waals surface area (Å²) in [7, 11) is 0. The molecule has 0 atom stereocenters. The van der Waals surface area contributed by atoms with Crippen LogP contribution in [0.25, 0.3) is 11.4 Å². The minimum Gasteiger partial charge on any atom is -0.467 e. The van der Waals surface area contributed by atoms with Crippen LogP contribution in [-0.4, -0.2) is 34.6 Å². The summed E-state index contributed by atoms with van der Waals surface area (Å²) in [6, 6.07) is 5.46. The zero-order valence-electron chi connectivity index (χ0n) is 15.7. The molecule has 7 nitrogen and oxygen atoms in total. The number of amides is 1. The van der Waals surface area contributed by atoms with Crippen molar-refractivity contribution in [2.45, 2.75) is 20.4 Å². The molecule has 0 saturated heterocycles. The molecule has 0 saturated carbocycles. The number of aromatic nitrogens is 2. The van der Waals surface area contributed by atoms with Gasteiger partial charge in [-0.1, -0.05) is 6.08 Å². The van der Waals surface area contributed by atoms with Crippen molar-refractivity contribution in [1.29, 1.82) is 0 Å². The van der Waals surface area contributed by atoms with Gasteiger partial charge in [0, 0.05) is 17.6 Å². The van der Waals surface area contributed by atoms with Gasteiger partial charge in [0.25, 0.3) is 5.91 Å². The summed E-state index contributed by atoms with van der Waals surface area (Å²) in [5, 5.41) is 4.85. The van der Waals surface area contributed by atoms with Crippen LogP contribution in [0.5, 0.6) is 0 Å². The lowest BCUT2D eigenvalue weighted by molar-refractivity contribution is 0.0526. The second-order valence-corrected chi connectivity index (χ2v) is 6.81. The van der Waals surface area contributed by atoms with Crippen molar-refractivity contribution in [3.05, 3.63) is 64.5 Å². The fourth-order valence-corrected chi connectivity index (χ4v) is 3.49. The lowest BCUT2D eigenvalue weighted by atomic mass is 10.2. The Hall–Kier alpha value is -3.13. The van der Waals surface area contributed by atoms with E-state index in [0.29, 0.717) is 24.3 Å². The molecule has 3 heterocycles. The largest absolute Gasteiger partial charge is 0.467 e. The average Bonchev–Trinajstić information content (AvgIpc) is 3.42. The van der Waals surface area contributed by atoms with E-state index in [1.54, 1.807) is 30.7 Å². The van der Waals surface area contributed by atoms with Crippen molar-refractivity contribution in [3.63, 3.8) is 0 Å². The predicted octanol–water partition coefficient (Wildman–Crippen LogP) is 3.65. The highest BCUT2D eigenvalue weighted by Crippen LogP contribution is 2.28. The van der Waals surface area contributed by atoms with Crippen LogP contribution in [0.15, 0.2) is 46.9 Å². The highest BCUT2D eigenvalue weighted by molar-refractivity contribution is 7.11. The molecule has 0 aliphatic carbocycles. The Morgan fingerprint density at radius 3 is 2.96 bits per heavy atom. The molecule has 1 amide bonds. The van der Waals surface area contributed by atoms with Crippen LogP contribution in [0.1, 0.15) is 38.5 Å². The van der Waals surface area contributed by atoms with Crippen molar-refractivity contribution < 1.29 is 18.7 Å². The smallest absolute Gasteiger partial charge is 0.367 e. The summed E-state index contributed by atoms with van der Waals surface area (Å²) in [5.74, 6) is 0.0973. The van der Waals surface area contributed by atoms with Crippen LogP contribution < -0.4 is 5.32 Å². The summed E-state index contributed by atoms with van der Waals surface area (Å²) in [6.07, 6.45) is 3.23. The number of nitrogens with one attached hydrogen (secondary N) is 1. The number of carbonyl (C=O) groups is 2. The fraction of sp³-hybridized carbons (Fsp3) is 0.250. The molecule has 8 heteroatoms. The van der Waals surface area contributed by atoms with Crippen LogP contribution in [0.4, 0.5) is 0 Å². The van der Waals surface area contributed by atoms with Gasteiger partial charge >= 0.3 is 5.97 Å². The molecule has 28 heavy (non-hydrogen) atoms. The summed E-state index contributed by atoms with van der Waals surface area (Å²) in [6.45, 7) is 8.34. The molecule has 146 valence electrons. The first-order valence-electron chi connectivity index (χ1n) is 8.79. The van der Waals surface area contributed by atoms with Crippen LogP contribution in [0, 0.1) is 6.92 Å².